The van der Waals surface area contributed by atoms with Crippen molar-refractivity contribution in [3.63, 3.8) is 0 Å². The number of anilines is 2. The lowest BCUT2D eigenvalue weighted by atomic mass is 10.4. The molecule has 0 saturated heterocycles. The van der Waals surface area contributed by atoms with Gasteiger partial charge in [-0.25, -0.2) is 9.97 Å². The Morgan fingerprint density at radius 3 is 2.80 bits per heavy atom. The summed E-state index contributed by atoms with van der Waals surface area (Å²) in [5, 5.41) is 16.5. The molecule has 0 fully saturated rings. The maximum Gasteiger partial charge on any atom is 0.329 e. The molecule has 0 bridgehead atoms. The van der Waals surface area contributed by atoms with E-state index in [1.807, 2.05) is 6.92 Å². The van der Waals surface area contributed by atoms with Crippen LogP contribution in [0.3, 0.4) is 0 Å². The van der Waals surface area contributed by atoms with Gasteiger partial charge in [0.1, 0.15) is 12.0 Å². The van der Waals surface area contributed by atoms with E-state index in [2.05, 4.69) is 25.6 Å². The minimum atomic E-state index is -0.547. The van der Waals surface area contributed by atoms with E-state index in [0.29, 0.717) is 11.8 Å². The van der Waals surface area contributed by atoms with Crippen molar-refractivity contribution in [1.82, 2.24) is 15.0 Å². The van der Waals surface area contributed by atoms with Gasteiger partial charge in [-0.3, -0.25) is 10.1 Å². The largest absolute Gasteiger partial charge is 0.444 e. The Bertz CT molecular complexity index is 612. The number of aromatic nitrogens is 3. The van der Waals surface area contributed by atoms with E-state index in [-0.39, 0.29) is 18.1 Å². The van der Waals surface area contributed by atoms with Gasteiger partial charge in [0.15, 0.2) is 0 Å². The van der Waals surface area contributed by atoms with E-state index in [1.165, 1.54) is 0 Å². The van der Waals surface area contributed by atoms with E-state index in [9.17, 15) is 10.1 Å². The first-order valence-electron chi connectivity index (χ1n) is 6.00. The number of rotatable bonds is 6. The highest BCUT2D eigenvalue weighted by Gasteiger charge is 2.17. The van der Waals surface area contributed by atoms with Crippen LogP contribution in [0, 0.1) is 10.1 Å². The monoisotopic (exact) mass is 278 g/mol. The van der Waals surface area contributed by atoms with Crippen molar-refractivity contribution in [3.05, 3.63) is 34.2 Å². The molecule has 0 aliphatic carbocycles. The van der Waals surface area contributed by atoms with E-state index in [1.54, 1.807) is 13.2 Å². The van der Waals surface area contributed by atoms with Gasteiger partial charge in [-0.2, -0.15) is 4.98 Å². The molecule has 0 aliphatic rings. The van der Waals surface area contributed by atoms with Gasteiger partial charge in [0.2, 0.25) is 17.7 Å². The lowest BCUT2D eigenvalue weighted by Gasteiger charge is -2.05. The van der Waals surface area contributed by atoms with Crippen molar-refractivity contribution in [2.75, 3.05) is 17.7 Å². The van der Waals surface area contributed by atoms with Crippen LogP contribution in [0.5, 0.6) is 0 Å². The minimum absolute atomic E-state index is 0.116. The smallest absolute Gasteiger partial charge is 0.329 e. The molecule has 20 heavy (non-hydrogen) atoms. The number of hydrogen-bond donors (Lipinski definition) is 2. The molecule has 0 aliphatic heterocycles. The second-order valence-corrected chi connectivity index (χ2v) is 3.86. The number of oxazole rings is 1. The van der Waals surface area contributed by atoms with Crippen LogP contribution < -0.4 is 10.6 Å². The van der Waals surface area contributed by atoms with Crippen molar-refractivity contribution in [2.24, 2.45) is 0 Å². The van der Waals surface area contributed by atoms with Gasteiger partial charge in [0.05, 0.1) is 17.7 Å². The number of nitro groups is 1. The Hall–Kier alpha value is -2.71. The molecule has 9 nitrogen and oxygen atoms in total. The van der Waals surface area contributed by atoms with Crippen LogP contribution >= 0.6 is 0 Å². The fraction of sp³-hybridized carbons (Fsp3) is 0.364. The van der Waals surface area contributed by atoms with Gasteiger partial charge in [0.25, 0.3) is 0 Å². The number of nitrogens with one attached hydrogen (secondary N) is 2. The van der Waals surface area contributed by atoms with E-state index < -0.39 is 4.92 Å². The summed E-state index contributed by atoms with van der Waals surface area (Å²) in [5.74, 6) is 1.61. The molecule has 2 N–H and O–H groups in total. The van der Waals surface area contributed by atoms with Crippen molar-refractivity contribution in [1.29, 1.82) is 0 Å². The molecular formula is C11H14N6O3. The second-order valence-electron chi connectivity index (χ2n) is 3.86. The first-order valence-corrected chi connectivity index (χ1v) is 6.00. The fourth-order valence-electron chi connectivity index (χ4n) is 1.51. The number of aryl methyl sites for hydroxylation is 1. The SMILES string of the molecule is CCc1cnc(CNc2nc(NC)ncc2[N+](=O)[O-])o1. The van der Waals surface area contributed by atoms with Crippen LogP contribution in [0.15, 0.2) is 16.8 Å². The Morgan fingerprint density at radius 1 is 1.40 bits per heavy atom. The summed E-state index contributed by atoms with van der Waals surface area (Å²) in [5.41, 5.74) is -0.203. The zero-order chi connectivity index (χ0) is 14.5. The maximum atomic E-state index is 10.9. The zero-order valence-corrected chi connectivity index (χ0v) is 11.1. The van der Waals surface area contributed by atoms with E-state index >= 15 is 0 Å². The van der Waals surface area contributed by atoms with Gasteiger partial charge >= 0.3 is 5.69 Å². The van der Waals surface area contributed by atoms with Gasteiger partial charge in [0, 0.05) is 13.5 Å². The quantitative estimate of drug-likeness (QED) is 0.603. The fourth-order valence-corrected chi connectivity index (χ4v) is 1.51. The molecule has 9 heteroatoms. The van der Waals surface area contributed by atoms with E-state index in [0.717, 1.165) is 18.4 Å². The summed E-state index contributed by atoms with van der Waals surface area (Å²) >= 11 is 0. The molecule has 2 heterocycles. The topological polar surface area (TPSA) is 119 Å². The molecular weight excluding hydrogens is 264 g/mol. The zero-order valence-electron chi connectivity index (χ0n) is 11.1. The third-order valence-electron chi connectivity index (χ3n) is 2.55. The average Bonchev–Trinajstić information content (AvgIpc) is 2.92. The van der Waals surface area contributed by atoms with Crippen LogP contribution in [-0.4, -0.2) is 26.9 Å². The first-order chi connectivity index (χ1) is 9.63. The number of hydrogen-bond acceptors (Lipinski definition) is 8. The first kappa shape index (κ1) is 13.7. The molecule has 2 aromatic rings. The van der Waals surface area contributed by atoms with Gasteiger partial charge < -0.3 is 15.1 Å². The minimum Gasteiger partial charge on any atom is -0.444 e. The lowest BCUT2D eigenvalue weighted by Crippen LogP contribution is -2.07. The summed E-state index contributed by atoms with van der Waals surface area (Å²) in [7, 11) is 1.63. The molecule has 0 spiro atoms. The van der Waals surface area contributed by atoms with Gasteiger partial charge in [-0.15, -0.1) is 0 Å². The summed E-state index contributed by atoms with van der Waals surface area (Å²) in [6.45, 7) is 2.16. The molecule has 2 aromatic heterocycles. The van der Waals surface area contributed by atoms with Crippen LogP contribution in [0.25, 0.3) is 0 Å². The van der Waals surface area contributed by atoms with Crippen LogP contribution in [0.4, 0.5) is 17.5 Å². The van der Waals surface area contributed by atoms with Crippen molar-refractivity contribution in [3.8, 4) is 0 Å². The predicted molar refractivity (Wildman–Crippen MR) is 71.4 cm³/mol. The van der Waals surface area contributed by atoms with Crippen LogP contribution in [0.2, 0.25) is 0 Å². The Labute approximate surface area is 114 Å². The highest BCUT2D eigenvalue weighted by molar-refractivity contribution is 5.56. The lowest BCUT2D eigenvalue weighted by molar-refractivity contribution is -0.384. The molecule has 0 radical (unpaired) electrons. The predicted octanol–water partition coefficient (Wildman–Crippen LogP) is 1.59. The number of nitrogens with zero attached hydrogens (tertiary/aromatic N) is 4. The molecule has 106 valence electrons. The molecule has 0 amide bonds. The second kappa shape index (κ2) is 5.95. The van der Waals surface area contributed by atoms with Gasteiger partial charge in [-0.1, -0.05) is 6.92 Å². The average molecular weight is 278 g/mol. The normalized spacial score (nSPS) is 10.3. The summed E-state index contributed by atoms with van der Waals surface area (Å²) in [4.78, 5) is 22.2. The van der Waals surface area contributed by atoms with Crippen molar-refractivity contribution < 1.29 is 9.34 Å². The molecule has 0 atom stereocenters. The maximum absolute atomic E-state index is 10.9. The molecule has 0 saturated carbocycles. The third-order valence-corrected chi connectivity index (χ3v) is 2.55. The van der Waals surface area contributed by atoms with Crippen LogP contribution in [0.1, 0.15) is 18.6 Å². The summed E-state index contributed by atoms with van der Waals surface area (Å²) in [6, 6.07) is 0. The molecule has 0 aromatic carbocycles. The van der Waals surface area contributed by atoms with Gasteiger partial charge in [-0.05, 0) is 0 Å². The van der Waals surface area contributed by atoms with Crippen molar-refractivity contribution >= 4 is 17.5 Å². The Kier molecular flexibility index (Phi) is 4.08. The molecule has 2 rings (SSSR count). The highest BCUT2D eigenvalue weighted by atomic mass is 16.6. The highest BCUT2D eigenvalue weighted by Crippen LogP contribution is 2.22. The van der Waals surface area contributed by atoms with Crippen molar-refractivity contribution in [2.45, 2.75) is 19.9 Å². The van der Waals surface area contributed by atoms with Crippen LogP contribution in [-0.2, 0) is 13.0 Å². The Balaban J connectivity index is 2.16. The Morgan fingerprint density at radius 2 is 2.20 bits per heavy atom. The summed E-state index contributed by atoms with van der Waals surface area (Å²) in [6.07, 6.45) is 3.52. The van der Waals surface area contributed by atoms with E-state index in [4.69, 9.17) is 4.42 Å². The molecule has 0 unspecified atom stereocenters. The standard InChI is InChI=1S/C11H14N6O3/c1-3-7-4-13-9(20-7)6-14-10-8(17(18)19)5-15-11(12-2)16-10/h4-5H,3,6H2,1-2H3,(H2,12,14,15,16). The third kappa shape index (κ3) is 2.99. The summed E-state index contributed by atoms with van der Waals surface area (Å²) < 4.78 is 5.41.